The molecule has 2 atom stereocenters. The van der Waals surface area contributed by atoms with E-state index in [0.717, 1.165) is 17.3 Å². The zero-order valence-electron chi connectivity index (χ0n) is 18.1. The number of hydrogen-bond donors (Lipinski definition) is 1. The lowest BCUT2D eigenvalue weighted by molar-refractivity contribution is -0.145. The van der Waals surface area contributed by atoms with Gasteiger partial charge in [-0.25, -0.2) is 19.3 Å². The van der Waals surface area contributed by atoms with Crippen molar-refractivity contribution in [2.24, 2.45) is 0 Å². The summed E-state index contributed by atoms with van der Waals surface area (Å²) in [5.41, 5.74) is 0.455. The molecular weight excluding hydrogens is 476 g/mol. The lowest BCUT2D eigenvalue weighted by Gasteiger charge is -2.18. The van der Waals surface area contributed by atoms with Crippen LogP contribution in [0.5, 0.6) is 5.75 Å². The lowest BCUT2D eigenvalue weighted by atomic mass is 10.1. The predicted octanol–water partition coefficient (Wildman–Crippen LogP) is 4.73. The van der Waals surface area contributed by atoms with Gasteiger partial charge >= 0.3 is 6.18 Å². The van der Waals surface area contributed by atoms with E-state index in [4.69, 9.17) is 9.47 Å². The van der Waals surface area contributed by atoms with Gasteiger partial charge in [-0.1, -0.05) is 0 Å². The Kier molecular flexibility index (Phi) is 6.80. The number of nitrogens with zero attached hydrogens (tertiary/aromatic N) is 3. The number of alkyl halides is 3. The van der Waals surface area contributed by atoms with E-state index in [2.05, 4.69) is 20.3 Å². The van der Waals surface area contributed by atoms with E-state index >= 15 is 4.39 Å². The first kappa shape index (κ1) is 24.0. The second-order valence-electron chi connectivity index (χ2n) is 7.75. The third-order valence-corrected chi connectivity index (χ3v) is 6.07. The Morgan fingerprint density at radius 1 is 1.24 bits per heavy atom. The minimum atomic E-state index is -4.68. The molecule has 0 spiro atoms. The Balaban J connectivity index is 1.61. The zero-order chi connectivity index (χ0) is 24.5. The summed E-state index contributed by atoms with van der Waals surface area (Å²) < 4.78 is 64.5. The largest absolute Gasteiger partial charge is 0.485 e. The van der Waals surface area contributed by atoms with Crippen molar-refractivity contribution < 1.29 is 31.8 Å². The average Bonchev–Trinajstić information content (AvgIpc) is 3.46. The van der Waals surface area contributed by atoms with Crippen LogP contribution in [0.3, 0.4) is 0 Å². The number of halogens is 4. The molecule has 1 N–H and O–H groups in total. The summed E-state index contributed by atoms with van der Waals surface area (Å²) in [6, 6.07) is 2.08. The van der Waals surface area contributed by atoms with Crippen molar-refractivity contribution in [3.05, 3.63) is 58.4 Å². The van der Waals surface area contributed by atoms with Crippen molar-refractivity contribution >= 4 is 17.2 Å². The number of rotatable bonds is 6. The minimum Gasteiger partial charge on any atom is -0.485 e. The number of carbonyl (C=O) groups is 1. The van der Waals surface area contributed by atoms with Gasteiger partial charge in [-0.3, -0.25) is 4.79 Å². The van der Waals surface area contributed by atoms with Crippen LogP contribution in [0.2, 0.25) is 0 Å². The van der Waals surface area contributed by atoms with Crippen LogP contribution < -0.4 is 10.1 Å². The normalized spacial score (nSPS) is 16.9. The van der Waals surface area contributed by atoms with Crippen molar-refractivity contribution in [1.82, 2.24) is 20.3 Å². The molecule has 1 saturated heterocycles. The topological polar surface area (TPSA) is 86.2 Å². The van der Waals surface area contributed by atoms with Gasteiger partial charge in [-0.05, 0) is 26.0 Å². The van der Waals surface area contributed by atoms with E-state index in [1.54, 1.807) is 6.20 Å². The number of amides is 1. The highest BCUT2D eigenvalue weighted by molar-refractivity contribution is 7.14. The standard InChI is InChI=1S/C22H20F4N4O3S/c1-11-7-27-20(34-11)13-5-16(18(23)17(6-13)33-15-3-4-32-10-15)19(31)30-12(2)14-8-28-21(29-9-14)22(24,25)26/h5-9,12,15H,3-4,10H2,1-2H3,(H,30,31)/t12-,15-/m1/s1. The van der Waals surface area contributed by atoms with Gasteiger partial charge in [0.25, 0.3) is 5.91 Å². The molecule has 0 radical (unpaired) electrons. The molecule has 12 heteroatoms. The van der Waals surface area contributed by atoms with Crippen LogP contribution in [-0.4, -0.2) is 40.2 Å². The zero-order valence-corrected chi connectivity index (χ0v) is 19.0. The molecule has 1 aliphatic heterocycles. The number of nitrogens with one attached hydrogen (secondary N) is 1. The molecule has 0 aliphatic carbocycles. The predicted molar refractivity (Wildman–Crippen MR) is 115 cm³/mol. The van der Waals surface area contributed by atoms with E-state index in [-0.39, 0.29) is 23.0 Å². The van der Waals surface area contributed by atoms with E-state index in [0.29, 0.717) is 30.2 Å². The first-order valence-corrected chi connectivity index (χ1v) is 11.1. The molecular formula is C22H20F4N4O3S. The van der Waals surface area contributed by atoms with E-state index in [1.165, 1.54) is 30.4 Å². The first-order valence-electron chi connectivity index (χ1n) is 10.3. The first-order chi connectivity index (χ1) is 16.1. The van der Waals surface area contributed by atoms with Crippen LogP contribution in [0.25, 0.3) is 10.6 Å². The van der Waals surface area contributed by atoms with Crippen LogP contribution in [0, 0.1) is 12.7 Å². The second kappa shape index (κ2) is 9.63. The van der Waals surface area contributed by atoms with Gasteiger partial charge in [-0.15, -0.1) is 11.3 Å². The maximum absolute atomic E-state index is 15.3. The number of benzene rings is 1. The molecule has 0 unspecified atom stereocenters. The van der Waals surface area contributed by atoms with Gasteiger partial charge in [0.1, 0.15) is 11.1 Å². The highest BCUT2D eigenvalue weighted by Crippen LogP contribution is 2.33. The molecule has 180 valence electrons. The summed E-state index contributed by atoms with van der Waals surface area (Å²) in [6.45, 7) is 4.21. The Labute approximate surface area is 196 Å². The third-order valence-electron chi connectivity index (χ3n) is 5.11. The summed E-state index contributed by atoms with van der Waals surface area (Å²) >= 11 is 1.38. The Morgan fingerprint density at radius 3 is 2.56 bits per heavy atom. The Morgan fingerprint density at radius 2 is 1.97 bits per heavy atom. The van der Waals surface area contributed by atoms with Crippen molar-refractivity contribution in [2.45, 2.75) is 38.6 Å². The Bertz CT molecular complexity index is 1180. The number of hydrogen-bond acceptors (Lipinski definition) is 7. The summed E-state index contributed by atoms with van der Waals surface area (Å²) in [5, 5.41) is 3.17. The maximum Gasteiger partial charge on any atom is 0.451 e. The van der Waals surface area contributed by atoms with Gasteiger partial charge in [0.15, 0.2) is 11.6 Å². The molecule has 1 amide bonds. The fourth-order valence-electron chi connectivity index (χ4n) is 3.31. The molecule has 4 rings (SSSR count). The van der Waals surface area contributed by atoms with Gasteiger partial charge in [0.2, 0.25) is 5.82 Å². The van der Waals surface area contributed by atoms with E-state index in [9.17, 15) is 18.0 Å². The number of thiazole rings is 1. The Hall–Kier alpha value is -3.12. The van der Waals surface area contributed by atoms with Crippen molar-refractivity contribution in [2.75, 3.05) is 13.2 Å². The van der Waals surface area contributed by atoms with E-state index in [1.807, 2.05) is 6.92 Å². The SMILES string of the molecule is Cc1cnc(-c2cc(O[C@@H]3CCOC3)c(F)c(C(=O)N[C@H](C)c3cnc(C(F)(F)F)nc3)c2)s1. The van der Waals surface area contributed by atoms with E-state index < -0.39 is 29.8 Å². The number of aromatic nitrogens is 3. The quantitative estimate of drug-likeness (QED) is 0.497. The third kappa shape index (κ3) is 5.33. The molecule has 34 heavy (non-hydrogen) atoms. The number of carbonyl (C=O) groups excluding carboxylic acids is 1. The number of ether oxygens (including phenoxy) is 2. The van der Waals surface area contributed by atoms with Crippen molar-refractivity contribution in [1.29, 1.82) is 0 Å². The molecule has 0 saturated carbocycles. The van der Waals surface area contributed by atoms with Crippen LogP contribution in [0.4, 0.5) is 17.6 Å². The summed E-state index contributed by atoms with van der Waals surface area (Å²) in [5.74, 6) is -3.01. The smallest absolute Gasteiger partial charge is 0.451 e. The molecule has 1 aromatic carbocycles. The fourth-order valence-corrected chi connectivity index (χ4v) is 4.06. The van der Waals surface area contributed by atoms with Crippen molar-refractivity contribution in [3.8, 4) is 16.3 Å². The average molecular weight is 496 g/mol. The molecule has 2 aromatic heterocycles. The highest BCUT2D eigenvalue weighted by atomic mass is 32.1. The summed E-state index contributed by atoms with van der Waals surface area (Å²) in [4.78, 5) is 24.8. The minimum absolute atomic E-state index is 0.100. The van der Waals surface area contributed by atoms with Gasteiger partial charge in [-0.2, -0.15) is 13.2 Å². The molecule has 7 nitrogen and oxygen atoms in total. The molecule has 1 fully saturated rings. The summed E-state index contributed by atoms with van der Waals surface area (Å²) in [7, 11) is 0. The van der Waals surface area contributed by atoms with Gasteiger partial charge < -0.3 is 14.8 Å². The molecule has 1 aliphatic rings. The summed E-state index contributed by atoms with van der Waals surface area (Å²) in [6.07, 6.45) is -0.819. The van der Waals surface area contributed by atoms with Crippen LogP contribution in [0.15, 0.2) is 30.7 Å². The van der Waals surface area contributed by atoms with Crippen LogP contribution in [0.1, 0.15) is 46.0 Å². The maximum atomic E-state index is 15.3. The van der Waals surface area contributed by atoms with Gasteiger partial charge in [0, 0.05) is 41.0 Å². The number of aryl methyl sites for hydroxylation is 1. The second-order valence-corrected chi connectivity index (χ2v) is 8.98. The molecule has 0 bridgehead atoms. The molecule has 3 aromatic rings. The monoisotopic (exact) mass is 496 g/mol. The highest BCUT2D eigenvalue weighted by Gasteiger charge is 2.34. The van der Waals surface area contributed by atoms with Crippen molar-refractivity contribution in [3.63, 3.8) is 0 Å². The lowest BCUT2D eigenvalue weighted by Crippen LogP contribution is -2.28. The van der Waals surface area contributed by atoms with Gasteiger partial charge in [0.05, 0.1) is 24.8 Å². The fraction of sp³-hybridized carbons (Fsp3) is 0.364. The molecule has 3 heterocycles. The van der Waals surface area contributed by atoms with Crippen LogP contribution >= 0.6 is 11.3 Å². The van der Waals surface area contributed by atoms with Crippen LogP contribution in [-0.2, 0) is 10.9 Å².